The highest BCUT2D eigenvalue weighted by atomic mass is 19.4. The number of nitrogens with zero attached hydrogens (tertiary/aromatic N) is 3. The van der Waals surface area contributed by atoms with E-state index in [2.05, 4.69) is 9.97 Å². The Balaban J connectivity index is 2.59. The molecule has 0 spiro atoms. The molecule has 0 bridgehead atoms. The van der Waals surface area contributed by atoms with E-state index in [1.165, 1.54) is 24.5 Å². The highest BCUT2D eigenvalue weighted by Gasteiger charge is 2.29. The van der Waals surface area contributed by atoms with Crippen molar-refractivity contribution in [3.05, 3.63) is 24.3 Å². The molecule has 100 valence electrons. The van der Waals surface area contributed by atoms with Crippen LogP contribution in [0.15, 0.2) is 18.6 Å². The van der Waals surface area contributed by atoms with Crippen molar-refractivity contribution < 1.29 is 18.0 Å². The Bertz CT molecular complexity index is 394. The quantitative estimate of drug-likeness (QED) is 0.835. The van der Waals surface area contributed by atoms with Crippen molar-refractivity contribution in [3.63, 3.8) is 0 Å². The molecule has 0 saturated carbocycles. The maximum Gasteiger partial charge on any atom is 0.389 e. The number of rotatable bonds is 4. The summed E-state index contributed by atoms with van der Waals surface area (Å²) >= 11 is 0. The van der Waals surface area contributed by atoms with Gasteiger partial charge in [0.15, 0.2) is 0 Å². The van der Waals surface area contributed by atoms with E-state index in [1.54, 1.807) is 13.0 Å². The summed E-state index contributed by atoms with van der Waals surface area (Å²) < 4.78 is 36.0. The van der Waals surface area contributed by atoms with Crippen LogP contribution in [0, 0.1) is 0 Å². The second kappa shape index (κ2) is 5.79. The monoisotopic (exact) mass is 261 g/mol. The maximum atomic E-state index is 12.0. The fourth-order valence-corrected chi connectivity index (χ4v) is 1.39. The lowest BCUT2D eigenvalue weighted by Crippen LogP contribution is -2.31. The standard InChI is InChI=1S/C11H14F3N3O/c1-8(9-4-6-15-7-16-9)17(2)10(18)3-5-11(12,13)14/h4,6-8H,3,5H2,1-2H3. The van der Waals surface area contributed by atoms with Gasteiger partial charge in [-0.15, -0.1) is 0 Å². The lowest BCUT2D eigenvalue weighted by Gasteiger charge is -2.24. The third-order valence-corrected chi connectivity index (χ3v) is 2.63. The smallest absolute Gasteiger partial charge is 0.337 e. The van der Waals surface area contributed by atoms with Gasteiger partial charge >= 0.3 is 6.18 Å². The molecule has 1 aromatic rings. The summed E-state index contributed by atoms with van der Waals surface area (Å²) in [6.45, 7) is 1.70. The minimum atomic E-state index is -4.31. The minimum absolute atomic E-state index is 0.381. The third kappa shape index (κ3) is 4.31. The number of aromatic nitrogens is 2. The molecule has 0 aliphatic heterocycles. The van der Waals surface area contributed by atoms with Crippen LogP contribution < -0.4 is 0 Å². The molecule has 7 heteroatoms. The zero-order valence-corrected chi connectivity index (χ0v) is 10.1. The summed E-state index contributed by atoms with van der Waals surface area (Å²) in [5, 5.41) is 0. The van der Waals surface area contributed by atoms with Crippen LogP contribution in [0.5, 0.6) is 0 Å². The first-order valence-electron chi connectivity index (χ1n) is 5.39. The van der Waals surface area contributed by atoms with E-state index in [0.29, 0.717) is 5.69 Å². The molecule has 0 N–H and O–H groups in total. The Morgan fingerprint density at radius 1 is 1.50 bits per heavy atom. The zero-order chi connectivity index (χ0) is 13.8. The summed E-state index contributed by atoms with van der Waals surface area (Å²) in [5.41, 5.74) is 0.591. The van der Waals surface area contributed by atoms with Crippen LogP contribution in [-0.4, -0.2) is 34.0 Å². The van der Waals surface area contributed by atoms with E-state index in [4.69, 9.17) is 0 Å². The van der Waals surface area contributed by atoms with E-state index in [1.807, 2.05) is 0 Å². The van der Waals surface area contributed by atoms with Crippen molar-refractivity contribution in [2.45, 2.75) is 32.0 Å². The molecule has 1 rings (SSSR count). The molecule has 4 nitrogen and oxygen atoms in total. The summed E-state index contributed by atoms with van der Waals surface area (Å²) in [5.74, 6) is -0.557. The Hall–Kier alpha value is -1.66. The number of carbonyl (C=O) groups excluding carboxylic acids is 1. The summed E-state index contributed by atoms with van der Waals surface area (Å²) in [6.07, 6.45) is -3.11. The zero-order valence-electron chi connectivity index (χ0n) is 10.1. The molecule has 0 aliphatic carbocycles. The Morgan fingerprint density at radius 2 is 2.17 bits per heavy atom. The average molecular weight is 261 g/mol. The van der Waals surface area contributed by atoms with Gasteiger partial charge in [0.25, 0.3) is 0 Å². The molecular weight excluding hydrogens is 247 g/mol. The number of carbonyl (C=O) groups is 1. The van der Waals surface area contributed by atoms with E-state index in [0.717, 1.165) is 0 Å². The molecule has 18 heavy (non-hydrogen) atoms. The van der Waals surface area contributed by atoms with Crippen molar-refractivity contribution in [1.29, 1.82) is 0 Å². The summed E-state index contributed by atoms with van der Waals surface area (Å²) in [6, 6.07) is 1.24. The second-order valence-electron chi connectivity index (χ2n) is 3.93. The van der Waals surface area contributed by atoms with Crippen LogP contribution in [0.1, 0.15) is 31.5 Å². The van der Waals surface area contributed by atoms with Crippen LogP contribution in [0.25, 0.3) is 0 Å². The van der Waals surface area contributed by atoms with E-state index < -0.39 is 24.9 Å². The Morgan fingerprint density at radius 3 is 2.67 bits per heavy atom. The van der Waals surface area contributed by atoms with Crippen LogP contribution in [0.3, 0.4) is 0 Å². The van der Waals surface area contributed by atoms with E-state index in [-0.39, 0.29) is 6.04 Å². The molecule has 1 heterocycles. The van der Waals surface area contributed by atoms with Crippen LogP contribution in [0.2, 0.25) is 0 Å². The van der Waals surface area contributed by atoms with Crippen molar-refractivity contribution in [3.8, 4) is 0 Å². The molecule has 0 saturated heterocycles. The van der Waals surface area contributed by atoms with Gasteiger partial charge < -0.3 is 4.90 Å². The van der Waals surface area contributed by atoms with Crippen molar-refractivity contribution in [2.75, 3.05) is 7.05 Å². The van der Waals surface area contributed by atoms with Gasteiger partial charge in [-0.2, -0.15) is 13.2 Å². The first kappa shape index (κ1) is 14.4. The van der Waals surface area contributed by atoms with Crippen molar-refractivity contribution >= 4 is 5.91 Å². The number of halogens is 3. The maximum absolute atomic E-state index is 12.0. The van der Waals surface area contributed by atoms with E-state index in [9.17, 15) is 18.0 Å². The summed E-state index contributed by atoms with van der Waals surface area (Å²) in [7, 11) is 1.46. The molecule has 0 aliphatic rings. The van der Waals surface area contributed by atoms with Gasteiger partial charge in [-0.1, -0.05) is 0 Å². The van der Waals surface area contributed by atoms with Gasteiger partial charge in [0.2, 0.25) is 5.91 Å². The van der Waals surface area contributed by atoms with Crippen molar-refractivity contribution in [1.82, 2.24) is 14.9 Å². The fourth-order valence-electron chi connectivity index (χ4n) is 1.39. The number of amides is 1. The SMILES string of the molecule is CC(c1ccncn1)N(C)C(=O)CCC(F)(F)F. The average Bonchev–Trinajstić information content (AvgIpc) is 2.34. The first-order valence-corrected chi connectivity index (χ1v) is 5.39. The Kier molecular flexibility index (Phi) is 4.63. The molecule has 1 aromatic heterocycles. The third-order valence-electron chi connectivity index (χ3n) is 2.63. The van der Waals surface area contributed by atoms with Gasteiger partial charge in [-0.05, 0) is 13.0 Å². The number of hydrogen-bond acceptors (Lipinski definition) is 3. The number of hydrogen-bond donors (Lipinski definition) is 0. The molecule has 1 atom stereocenters. The van der Waals surface area contributed by atoms with Gasteiger partial charge in [-0.3, -0.25) is 4.79 Å². The molecule has 0 fully saturated rings. The molecular formula is C11H14F3N3O. The normalized spacial score (nSPS) is 13.2. The fraction of sp³-hybridized carbons (Fsp3) is 0.545. The minimum Gasteiger partial charge on any atom is -0.337 e. The van der Waals surface area contributed by atoms with Gasteiger partial charge in [0.05, 0.1) is 18.2 Å². The Labute approximate surface area is 103 Å². The van der Waals surface area contributed by atoms with Crippen molar-refractivity contribution in [2.24, 2.45) is 0 Å². The van der Waals surface area contributed by atoms with Crippen LogP contribution in [0.4, 0.5) is 13.2 Å². The van der Waals surface area contributed by atoms with Crippen LogP contribution >= 0.6 is 0 Å². The van der Waals surface area contributed by atoms with Crippen LogP contribution in [-0.2, 0) is 4.79 Å². The predicted octanol–water partition coefficient (Wildman–Crippen LogP) is 2.34. The highest BCUT2D eigenvalue weighted by Crippen LogP contribution is 2.23. The lowest BCUT2D eigenvalue weighted by atomic mass is 10.2. The topological polar surface area (TPSA) is 46.1 Å². The molecule has 0 radical (unpaired) electrons. The second-order valence-corrected chi connectivity index (χ2v) is 3.93. The first-order chi connectivity index (χ1) is 8.31. The number of alkyl halides is 3. The molecule has 1 unspecified atom stereocenters. The van der Waals surface area contributed by atoms with Gasteiger partial charge in [0, 0.05) is 19.7 Å². The molecule has 1 amide bonds. The molecule has 0 aromatic carbocycles. The lowest BCUT2D eigenvalue weighted by molar-refractivity contribution is -0.149. The largest absolute Gasteiger partial charge is 0.389 e. The predicted molar refractivity (Wildman–Crippen MR) is 58.5 cm³/mol. The van der Waals surface area contributed by atoms with E-state index >= 15 is 0 Å². The van der Waals surface area contributed by atoms with Gasteiger partial charge in [0.1, 0.15) is 6.33 Å². The summed E-state index contributed by atoms with van der Waals surface area (Å²) in [4.78, 5) is 20.5. The van der Waals surface area contributed by atoms with Gasteiger partial charge in [-0.25, -0.2) is 9.97 Å². The highest BCUT2D eigenvalue weighted by molar-refractivity contribution is 5.76.